The minimum Gasteiger partial charge on any atom is -0.496 e. The molecule has 6 aliphatic carbocycles. The molecule has 6 saturated carbocycles. The number of ether oxygens (including phenoxy) is 3. The number of esters is 1. The van der Waals surface area contributed by atoms with E-state index in [-0.39, 0.29) is 75.7 Å². The molecule has 0 unspecified atom stereocenters. The first kappa shape index (κ1) is 70.4. The van der Waals surface area contributed by atoms with Crippen molar-refractivity contribution in [3.63, 3.8) is 0 Å². The van der Waals surface area contributed by atoms with Gasteiger partial charge in [0.25, 0.3) is 26.0 Å². The van der Waals surface area contributed by atoms with E-state index in [1.807, 2.05) is 67.6 Å². The number of nitrogens with two attached hydrogens (primary N) is 1. The second-order valence-corrected chi connectivity index (χ2v) is 32.2. The van der Waals surface area contributed by atoms with Crippen LogP contribution >= 0.6 is 0 Å². The highest BCUT2D eigenvalue weighted by Crippen LogP contribution is 2.62. The quantitative estimate of drug-likeness (QED) is 0.0552. The maximum Gasteiger partial charge on any atom is 0.326 e. The van der Waals surface area contributed by atoms with E-state index >= 15 is 0 Å². The first-order valence-corrected chi connectivity index (χ1v) is 36.0. The largest absolute Gasteiger partial charge is 0.496 e. The predicted molar refractivity (Wildman–Crippen MR) is 351 cm³/mol. The van der Waals surface area contributed by atoms with Gasteiger partial charge in [-0.05, 0) is 121 Å². The topological polar surface area (TPSA) is 226 Å². The van der Waals surface area contributed by atoms with Gasteiger partial charge in [-0.1, -0.05) is 102 Å². The molecular weight excluding hydrogens is 1160 g/mol. The molecule has 4 aromatic carbocycles. The van der Waals surface area contributed by atoms with Crippen LogP contribution in [0.4, 0.5) is 0 Å². The fraction of sp³-hybridized carbons (Fsp3) is 0.606. The van der Waals surface area contributed by atoms with Crippen LogP contribution in [0, 0.1) is 58.2 Å². The number of benzene rings is 4. The molecule has 0 spiro atoms. The Morgan fingerprint density at radius 2 is 1.13 bits per heavy atom. The summed E-state index contributed by atoms with van der Waals surface area (Å²) in [6.45, 7) is 17.5. The molecule has 4 aromatic rings. The minimum absolute atomic E-state index is 0.0610. The lowest BCUT2D eigenvalue weighted by molar-refractivity contribution is -0.195. The Bertz CT molecular complexity index is 3120. The number of carbonyl (C=O) groups is 4. The molecule has 9 aliphatic rings. The van der Waals surface area contributed by atoms with Crippen molar-refractivity contribution >= 4 is 37.8 Å². The zero-order valence-corrected chi connectivity index (χ0v) is 57.6. The number of aliphatic hydroxyl groups excluding tert-OH is 3. The highest BCUT2D eigenvalue weighted by molar-refractivity contribution is 6.54. The van der Waals surface area contributed by atoms with Gasteiger partial charge in [0.2, 0.25) is 5.91 Å². The van der Waals surface area contributed by atoms with E-state index < -0.39 is 36.3 Å². The van der Waals surface area contributed by atoms with E-state index in [1.54, 1.807) is 83.7 Å². The Hall–Kier alpha value is -5.43. The van der Waals surface area contributed by atoms with Gasteiger partial charge in [-0.2, -0.15) is 10.1 Å². The van der Waals surface area contributed by atoms with Crippen LogP contribution in [-0.2, 0) is 37.1 Å². The van der Waals surface area contributed by atoms with Gasteiger partial charge in [-0.15, -0.1) is 17.4 Å². The summed E-state index contributed by atoms with van der Waals surface area (Å²) in [4.78, 5) is 66.2. The second kappa shape index (κ2) is 29.3. The highest BCUT2D eigenvalue weighted by Gasteiger charge is 2.59. The fourth-order valence-electron chi connectivity index (χ4n) is 15.6. The highest BCUT2D eigenvalue weighted by atomic mass is 27.2. The molecule has 3 heterocycles. The molecule has 492 valence electrons. The normalized spacial score (nSPS) is 30.1. The number of para-hydroxylation sites is 2. The minimum atomic E-state index is -0.870. The molecule has 6 N–H and O–H groups in total. The number of fused-ring (bicyclic) bond motifs is 5. The standard InChI is InChI=1S/C34H47N3O6.C24H28N2O6.C10H19N.3CH3.Al/c1-19-26-15-24(34(26,3)4)16-27(19)35-32(40)30-29(20(2)39)28(18-38)43-37(30)17-23-9-8-10-25(31(23)42-7)21-11-13-22(14-12-21)33(41)36(5)6;1-14-20-19(13-27)32-26(21(20)24(29)31-14)12-17-6-5-7-18(22(17)30-4)15-8-10-16(11-9-15)23(28)25(2)3;1-6-8-4-7(5-9(6)11)10(8,2)3;;;;/h8-14,19-20,24,26-30,38-39H,15-18H2,1-7H3,(H,35,40);5-11,14,19-21,27H,12-13H2,1-4H3;6-9H,4-5,11H2,1-3H3;3*1H3;/t19-,20-,24+,26-,27-,28-,29+,30-;14-,19-,20+,21-;6-,7+,8-,9-;;;;/m000..../s1. The van der Waals surface area contributed by atoms with Gasteiger partial charge < -0.3 is 50.4 Å². The maximum atomic E-state index is 14.0. The SMILES string of the molecule is COc1c(CN2O[C@@H](CO)[C@@H]([C@H](C)O)[C@H]2C(=O)N[C@H]2C[C@H]3C[C@@H]([C@@H]2C)C3(C)C)cccc1-c1ccc(C(=O)N(C)C)cc1.COc1c(CN2O[C@@H](CO)[C@H]3[C@H](C)OC(=O)[C@H]32)cccc1-c1ccc(C(=O)N(C)C)cc1.C[C@@H]1[C@@H](N)C[C@H]2C[C@@H]1C2(C)C.[CH3][Al]([CH3])[CH3]. The summed E-state index contributed by atoms with van der Waals surface area (Å²) in [7, 11) is 10.1. The van der Waals surface area contributed by atoms with Crippen molar-refractivity contribution in [2.45, 2.75) is 160 Å². The monoisotopic (exact) mass is 1260 g/mol. The molecule has 18 nitrogen and oxygen atoms in total. The van der Waals surface area contributed by atoms with Crippen molar-refractivity contribution in [2.75, 3.05) is 55.6 Å². The van der Waals surface area contributed by atoms with E-state index in [4.69, 9.17) is 29.6 Å². The zero-order valence-electron chi connectivity index (χ0n) is 56.4. The number of rotatable bonds is 15. The molecule has 13 rings (SSSR count). The number of nitrogens with zero attached hydrogens (tertiary/aromatic N) is 4. The molecule has 16 atom stereocenters. The van der Waals surface area contributed by atoms with Crippen LogP contribution in [-0.4, -0.2) is 177 Å². The fourth-order valence-corrected chi connectivity index (χ4v) is 15.6. The predicted octanol–water partition coefficient (Wildman–Crippen LogP) is 9.21. The summed E-state index contributed by atoms with van der Waals surface area (Å²) in [6, 6.07) is 25.5. The van der Waals surface area contributed by atoms with Gasteiger partial charge >= 0.3 is 5.97 Å². The number of methoxy groups -OCH3 is 2. The molecule has 0 radical (unpaired) electrons. The van der Waals surface area contributed by atoms with Crippen LogP contribution in [0.3, 0.4) is 0 Å². The molecule has 3 amide bonds. The average molecular weight is 1260 g/mol. The number of hydrogen-bond donors (Lipinski definition) is 5. The van der Waals surface area contributed by atoms with Crippen LogP contribution in [0.15, 0.2) is 84.9 Å². The number of cyclic esters (lactones) is 1. The number of nitrogens with one attached hydrogen (secondary N) is 1. The number of hydrogen-bond acceptors (Lipinski definition) is 15. The lowest BCUT2D eigenvalue weighted by atomic mass is 9.45. The van der Waals surface area contributed by atoms with E-state index in [9.17, 15) is 34.5 Å². The Morgan fingerprint density at radius 3 is 1.53 bits per heavy atom. The Kier molecular flexibility index (Phi) is 22.9. The van der Waals surface area contributed by atoms with E-state index in [0.717, 1.165) is 57.6 Å². The summed E-state index contributed by atoms with van der Waals surface area (Å²) < 4.78 is 17.0. The van der Waals surface area contributed by atoms with Gasteiger partial charge in [0.15, 0.2) is 0 Å². The third kappa shape index (κ3) is 14.5. The van der Waals surface area contributed by atoms with Gasteiger partial charge in [0.1, 0.15) is 41.9 Å². The van der Waals surface area contributed by atoms with Crippen molar-refractivity contribution in [1.82, 2.24) is 25.2 Å². The van der Waals surface area contributed by atoms with Crippen molar-refractivity contribution in [1.29, 1.82) is 0 Å². The van der Waals surface area contributed by atoms with Crippen LogP contribution in [0.25, 0.3) is 22.3 Å². The molecule has 3 aliphatic heterocycles. The van der Waals surface area contributed by atoms with Crippen molar-refractivity contribution < 1.29 is 58.4 Å². The van der Waals surface area contributed by atoms with Gasteiger partial charge in [0, 0.05) is 79.6 Å². The van der Waals surface area contributed by atoms with Crippen LogP contribution < -0.4 is 20.5 Å². The van der Waals surface area contributed by atoms with Crippen LogP contribution in [0.1, 0.15) is 113 Å². The van der Waals surface area contributed by atoms with Crippen LogP contribution in [0.2, 0.25) is 17.4 Å². The number of carbonyl (C=O) groups excluding carboxylic acids is 4. The molecule has 4 bridgehead atoms. The summed E-state index contributed by atoms with van der Waals surface area (Å²) in [5.41, 5.74) is 13.3. The third-order valence-electron chi connectivity index (χ3n) is 21.1. The molecule has 90 heavy (non-hydrogen) atoms. The molecule has 0 aromatic heterocycles. The van der Waals surface area contributed by atoms with Gasteiger partial charge in [-0.25, -0.2) is 0 Å². The van der Waals surface area contributed by atoms with E-state index in [1.165, 1.54) is 29.1 Å². The van der Waals surface area contributed by atoms with Gasteiger partial charge in [0.05, 0.1) is 52.5 Å². The lowest BCUT2D eigenvalue weighted by Gasteiger charge is -2.62. The Labute approximate surface area is 539 Å². The second-order valence-electron chi connectivity index (χ2n) is 28.7. The Morgan fingerprint density at radius 1 is 0.689 bits per heavy atom. The van der Waals surface area contributed by atoms with E-state index in [2.05, 4.69) is 64.2 Å². The average Bonchev–Trinajstić information content (AvgIpc) is 1.23. The molecule has 19 heteroatoms. The number of amides is 3. The first-order chi connectivity index (χ1) is 42.5. The molecule has 9 fully saturated rings. The third-order valence-corrected chi connectivity index (χ3v) is 21.1. The van der Waals surface area contributed by atoms with Crippen LogP contribution in [0.5, 0.6) is 11.5 Å². The van der Waals surface area contributed by atoms with Gasteiger partial charge in [-0.3, -0.25) is 28.9 Å². The molecule has 3 saturated heterocycles. The summed E-state index contributed by atoms with van der Waals surface area (Å²) in [5, 5.41) is 37.2. The summed E-state index contributed by atoms with van der Waals surface area (Å²) in [5.74, 6) is 10.8. The lowest BCUT2D eigenvalue weighted by Crippen LogP contribution is -2.62. The molecular formula is C71H103AlN6O12. The smallest absolute Gasteiger partial charge is 0.326 e. The van der Waals surface area contributed by atoms with Crippen molar-refractivity contribution in [2.24, 2.45) is 63.9 Å². The first-order valence-electron chi connectivity index (χ1n) is 32.5. The number of aliphatic hydroxyl groups is 3. The summed E-state index contributed by atoms with van der Waals surface area (Å²) in [6.07, 6.45) is 2.48. The Balaban J connectivity index is 0.000000193. The maximum absolute atomic E-state index is 14.0. The summed E-state index contributed by atoms with van der Waals surface area (Å²) >= 11 is -0.139. The zero-order chi connectivity index (χ0) is 66.0. The van der Waals surface area contributed by atoms with E-state index in [0.29, 0.717) is 63.8 Å². The van der Waals surface area contributed by atoms with Crippen molar-refractivity contribution in [3.05, 3.63) is 107 Å². The van der Waals surface area contributed by atoms with Crippen molar-refractivity contribution in [3.8, 4) is 33.8 Å². The number of hydroxylamine groups is 4.